The number of rotatable bonds is 7. The predicted molar refractivity (Wildman–Crippen MR) is 134 cm³/mol. The Hall–Kier alpha value is -4.46. The van der Waals surface area contributed by atoms with Crippen LogP contribution >= 0.6 is 11.6 Å². The molecule has 0 bridgehead atoms. The van der Waals surface area contributed by atoms with Gasteiger partial charge in [0.05, 0.1) is 23.9 Å². The first-order chi connectivity index (χ1) is 19.2. The minimum absolute atomic E-state index is 0.176. The highest BCUT2D eigenvalue weighted by Crippen LogP contribution is 2.36. The van der Waals surface area contributed by atoms with E-state index in [0.717, 1.165) is 61.3 Å². The molecule has 0 unspecified atom stereocenters. The molecule has 0 aliphatic heterocycles. The van der Waals surface area contributed by atoms with Crippen LogP contribution in [0.25, 0.3) is 16.9 Å². The summed E-state index contributed by atoms with van der Waals surface area (Å²) in [6, 6.07) is 8.06. The van der Waals surface area contributed by atoms with E-state index >= 15 is 8.78 Å². The number of carbonyl (C=O) groups excluding carboxylic acids is 1. The number of aromatic nitrogens is 2. The quantitative estimate of drug-likeness (QED) is 0.240. The molecule has 0 saturated heterocycles. The van der Waals surface area contributed by atoms with Crippen LogP contribution in [0.1, 0.15) is 15.9 Å². The standard InChI is InChI=1S/C26H17ClF7N3O4/c1-36-22(20-18(28)10-17(40-2)11-19(20)29)21(35-23(38)12-3-5-16(6-4-12)41-25(30)31)24(39)37(36)15-8-13(26(32,33)34)7-14(27)9-15/h3-11,25H,1-2H3,(H,35,38). The van der Waals surface area contributed by atoms with Crippen LogP contribution < -0.4 is 20.3 Å². The molecule has 1 amide bonds. The second-order valence-electron chi connectivity index (χ2n) is 8.38. The van der Waals surface area contributed by atoms with Gasteiger partial charge in [0, 0.05) is 29.8 Å². The number of hydrogen-bond donors (Lipinski definition) is 1. The molecule has 1 heterocycles. The number of amides is 1. The molecule has 1 N–H and O–H groups in total. The van der Waals surface area contributed by atoms with Crippen molar-refractivity contribution in [1.82, 2.24) is 9.36 Å². The van der Waals surface area contributed by atoms with Crippen LogP contribution in [0.15, 0.2) is 59.4 Å². The Labute approximate surface area is 231 Å². The summed E-state index contributed by atoms with van der Waals surface area (Å²) in [5.41, 5.74) is -5.05. The van der Waals surface area contributed by atoms with E-state index in [-0.39, 0.29) is 17.1 Å². The Morgan fingerprint density at radius 3 is 2.12 bits per heavy atom. The fourth-order valence-electron chi connectivity index (χ4n) is 4.02. The molecule has 216 valence electrons. The number of nitrogens with zero attached hydrogens (tertiary/aromatic N) is 2. The van der Waals surface area contributed by atoms with E-state index in [1.807, 2.05) is 0 Å². The molecule has 4 aromatic rings. The highest BCUT2D eigenvalue weighted by molar-refractivity contribution is 6.30. The molecule has 3 aromatic carbocycles. The van der Waals surface area contributed by atoms with Crippen LogP contribution in [0.4, 0.5) is 36.4 Å². The monoisotopic (exact) mass is 603 g/mol. The highest BCUT2D eigenvalue weighted by atomic mass is 35.5. The van der Waals surface area contributed by atoms with Crippen LogP contribution in [0.5, 0.6) is 11.5 Å². The summed E-state index contributed by atoms with van der Waals surface area (Å²) in [5.74, 6) is -3.94. The highest BCUT2D eigenvalue weighted by Gasteiger charge is 2.33. The molecule has 0 aliphatic carbocycles. The summed E-state index contributed by atoms with van der Waals surface area (Å²) in [5, 5.41) is 1.83. The van der Waals surface area contributed by atoms with Gasteiger partial charge < -0.3 is 14.8 Å². The molecule has 0 atom stereocenters. The second kappa shape index (κ2) is 11.2. The molecule has 41 heavy (non-hydrogen) atoms. The lowest BCUT2D eigenvalue weighted by Crippen LogP contribution is -2.23. The number of hydrogen-bond acceptors (Lipinski definition) is 4. The van der Waals surface area contributed by atoms with E-state index in [2.05, 4.69) is 10.1 Å². The fraction of sp³-hybridized carbons (Fsp3) is 0.154. The third kappa shape index (κ3) is 6.01. The SMILES string of the molecule is COc1cc(F)c(-c2c(NC(=O)c3ccc(OC(F)F)cc3)c(=O)n(-c3cc(Cl)cc(C(F)(F)F)c3)n2C)c(F)c1. The number of nitrogens with one attached hydrogen (secondary N) is 1. The second-order valence-corrected chi connectivity index (χ2v) is 8.82. The van der Waals surface area contributed by atoms with Gasteiger partial charge in [0.15, 0.2) is 0 Å². The van der Waals surface area contributed by atoms with Gasteiger partial charge in [-0.1, -0.05) is 11.6 Å². The molecule has 0 radical (unpaired) electrons. The number of benzene rings is 3. The maximum absolute atomic E-state index is 15.2. The van der Waals surface area contributed by atoms with Gasteiger partial charge in [-0.2, -0.15) is 22.0 Å². The molecule has 0 fully saturated rings. The molecular weight excluding hydrogens is 587 g/mol. The molecule has 7 nitrogen and oxygen atoms in total. The average molecular weight is 604 g/mol. The van der Waals surface area contributed by atoms with Crippen LogP contribution in [0, 0.1) is 11.6 Å². The Kier molecular flexibility index (Phi) is 8.06. The van der Waals surface area contributed by atoms with Gasteiger partial charge >= 0.3 is 12.8 Å². The summed E-state index contributed by atoms with van der Waals surface area (Å²) in [6.45, 7) is -3.13. The molecule has 15 heteroatoms. The van der Waals surface area contributed by atoms with Crippen LogP contribution in [0.3, 0.4) is 0 Å². The van der Waals surface area contributed by atoms with Crippen molar-refractivity contribution in [3.05, 3.63) is 92.7 Å². The Morgan fingerprint density at radius 2 is 1.59 bits per heavy atom. The molecule has 0 spiro atoms. The minimum Gasteiger partial charge on any atom is -0.497 e. The Balaban J connectivity index is 1.92. The normalized spacial score (nSPS) is 11.6. The van der Waals surface area contributed by atoms with Crippen molar-refractivity contribution < 1.29 is 45.0 Å². The number of anilines is 1. The smallest absolute Gasteiger partial charge is 0.416 e. The summed E-state index contributed by atoms with van der Waals surface area (Å²) in [4.78, 5) is 26.6. The zero-order valence-electron chi connectivity index (χ0n) is 20.8. The van der Waals surface area contributed by atoms with Gasteiger partial charge in [-0.05, 0) is 42.5 Å². The molecule has 1 aromatic heterocycles. The molecule has 0 saturated carbocycles. The summed E-state index contributed by atoms with van der Waals surface area (Å²) in [7, 11) is 2.28. The topological polar surface area (TPSA) is 74.5 Å². The maximum Gasteiger partial charge on any atom is 0.416 e. The van der Waals surface area contributed by atoms with Crippen molar-refractivity contribution >= 4 is 23.2 Å². The van der Waals surface area contributed by atoms with Gasteiger partial charge in [0.1, 0.15) is 34.5 Å². The van der Waals surface area contributed by atoms with Crippen molar-refractivity contribution in [2.75, 3.05) is 12.4 Å². The Bertz CT molecular complexity index is 1660. The summed E-state index contributed by atoms with van der Waals surface area (Å²) in [6.07, 6.45) is -4.86. The Morgan fingerprint density at radius 1 is 0.976 bits per heavy atom. The number of methoxy groups -OCH3 is 1. The fourth-order valence-corrected chi connectivity index (χ4v) is 4.25. The maximum atomic E-state index is 15.2. The third-order valence-electron chi connectivity index (χ3n) is 5.79. The first kappa shape index (κ1) is 29.5. The first-order valence-electron chi connectivity index (χ1n) is 11.3. The third-order valence-corrected chi connectivity index (χ3v) is 6.01. The van der Waals surface area contributed by atoms with Crippen LogP contribution in [-0.2, 0) is 13.2 Å². The van der Waals surface area contributed by atoms with Crippen LogP contribution in [0.2, 0.25) is 5.02 Å². The zero-order valence-corrected chi connectivity index (χ0v) is 21.6. The summed E-state index contributed by atoms with van der Waals surface area (Å²) >= 11 is 5.88. The number of halogens is 8. The number of carbonyl (C=O) groups is 1. The first-order valence-corrected chi connectivity index (χ1v) is 11.7. The summed E-state index contributed by atoms with van der Waals surface area (Å²) < 4.78 is 106. The van der Waals surface area contributed by atoms with Crippen molar-refractivity contribution in [3.63, 3.8) is 0 Å². The van der Waals surface area contributed by atoms with Gasteiger partial charge in [-0.3, -0.25) is 14.3 Å². The number of alkyl halides is 5. The van der Waals surface area contributed by atoms with Crippen molar-refractivity contribution in [2.45, 2.75) is 12.8 Å². The minimum atomic E-state index is -4.86. The van der Waals surface area contributed by atoms with E-state index in [1.54, 1.807) is 0 Å². The van der Waals surface area contributed by atoms with Crippen LogP contribution in [-0.4, -0.2) is 29.0 Å². The van der Waals surface area contributed by atoms with Gasteiger partial charge in [0.2, 0.25) is 0 Å². The van der Waals surface area contributed by atoms with E-state index < -0.39 is 69.1 Å². The van der Waals surface area contributed by atoms with Gasteiger partial charge in [0.25, 0.3) is 11.5 Å². The van der Waals surface area contributed by atoms with E-state index in [0.29, 0.717) is 16.8 Å². The lowest BCUT2D eigenvalue weighted by molar-refractivity contribution is -0.137. The predicted octanol–water partition coefficient (Wildman–Crippen LogP) is 6.66. The van der Waals surface area contributed by atoms with Gasteiger partial charge in [-0.15, -0.1) is 0 Å². The zero-order chi connectivity index (χ0) is 30.2. The molecular formula is C26H17ClF7N3O4. The largest absolute Gasteiger partial charge is 0.497 e. The number of ether oxygens (including phenoxy) is 2. The van der Waals surface area contributed by atoms with Crippen molar-refractivity contribution in [2.24, 2.45) is 7.05 Å². The average Bonchev–Trinajstić information content (AvgIpc) is 3.11. The van der Waals surface area contributed by atoms with Gasteiger partial charge in [-0.25, -0.2) is 13.5 Å². The van der Waals surface area contributed by atoms with E-state index in [9.17, 15) is 31.5 Å². The molecule has 4 rings (SSSR count). The van der Waals surface area contributed by atoms with E-state index in [4.69, 9.17) is 16.3 Å². The molecule has 0 aliphatic rings. The lowest BCUT2D eigenvalue weighted by atomic mass is 10.1. The van der Waals surface area contributed by atoms with Crippen molar-refractivity contribution in [1.29, 1.82) is 0 Å². The lowest BCUT2D eigenvalue weighted by Gasteiger charge is -2.14. The van der Waals surface area contributed by atoms with E-state index in [1.165, 1.54) is 0 Å². The van der Waals surface area contributed by atoms with Crippen molar-refractivity contribution in [3.8, 4) is 28.4 Å².